The summed E-state index contributed by atoms with van der Waals surface area (Å²) in [7, 11) is 0. The van der Waals surface area contributed by atoms with Crippen molar-refractivity contribution < 1.29 is 4.42 Å². The number of thiophene rings is 1. The molecule has 0 aliphatic heterocycles. The molecule has 0 radical (unpaired) electrons. The lowest BCUT2D eigenvalue weighted by Gasteiger charge is -2.25. The van der Waals surface area contributed by atoms with Crippen LogP contribution in [-0.4, -0.2) is 48.6 Å². The fraction of sp³-hybridized carbons (Fsp3) is 0.0250. The Kier molecular flexibility index (Phi) is 17.6. The highest BCUT2D eigenvalue weighted by molar-refractivity contribution is 7.26. The topological polar surface area (TPSA) is 118 Å². The van der Waals surface area contributed by atoms with Gasteiger partial charge >= 0.3 is 0 Å². The van der Waals surface area contributed by atoms with E-state index in [0.29, 0.717) is 11.4 Å². The van der Waals surface area contributed by atoms with E-state index in [1.807, 2.05) is 60.9 Å². The molecule has 0 amide bonds. The van der Waals surface area contributed by atoms with Crippen molar-refractivity contribution in [3.05, 3.63) is 436 Å². The first-order valence-corrected chi connectivity index (χ1v) is 45.4. The molecule has 9 aromatic heterocycles. The van der Waals surface area contributed by atoms with E-state index in [1.54, 1.807) is 11.3 Å². The number of nitrogens with zero attached hydrogens (tertiary/aromatic N) is 10. The zero-order chi connectivity index (χ0) is 87.2. The number of para-hydroxylation sites is 3. The summed E-state index contributed by atoms with van der Waals surface area (Å²) in [6, 6.07) is 146. The number of benzene rings is 18. The van der Waals surface area contributed by atoms with Crippen LogP contribution in [0.25, 0.3) is 247 Å². The van der Waals surface area contributed by atoms with Crippen molar-refractivity contribution >= 4 is 162 Å². The van der Waals surface area contributed by atoms with Gasteiger partial charge < -0.3 is 4.42 Å². The summed E-state index contributed by atoms with van der Waals surface area (Å²) < 4.78 is 15.9. The maximum atomic E-state index is 6.70. The molecule has 0 unspecified atom stereocenters. The van der Waals surface area contributed by atoms with Crippen molar-refractivity contribution in [3.8, 4) is 96.3 Å². The van der Waals surface area contributed by atoms with Gasteiger partial charge in [-0.25, -0.2) is 29.9 Å². The third kappa shape index (κ3) is 12.5. The number of pyridine rings is 1. The summed E-state index contributed by atoms with van der Waals surface area (Å²) in [6.07, 6.45) is 3.72. The second-order valence-electron chi connectivity index (χ2n) is 34.7. The molecule has 0 N–H and O–H groups in total. The van der Waals surface area contributed by atoms with E-state index in [2.05, 4.69) is 397 Å². The van der Waals surface area contributed by atoms with Crippen molar-refractivity contribution in [1.29, 1.82) is 0 Å². The Labute approximate surface area is 761 Å². The van der Waals surface area contributed by atoms with E-state index >= 15 is 0 Å². The summed E-state index contributed by atoms with van der Waals surface area (Å²) in [5, 5.41) is 19.1. The van der Waals surface area contributed by atoms with E-state index < -0.39 is 0 Å². The molecule has 0 saturated heterocycles. The smallest absolute Gasteiger partial charge is 0.197 e. The van der Waals surface area contributed by atoms with Crippen LogP contribution in [0.2, 0.25) is 0 Å². The highest BCUT2D eigenvalue weighted by Gasteiger charge is 2.42. The first-order valence-electron chi connectivity index (χ1n) is 44.6. The average Bonchev–Trinajstić information content (AvgIpc) is 1.55. The highest BCUT2D eigenvalue weighted by atomic mass is 32.1. The van der Waals surface area contributed by atoms with Crippen molar-refractivity contribution in [2.75, 3.05) is 0 Å². The number of furan rings is 1. The number of rotatable bonds is 9. The summed E-state index contributed by atoms with van der Waals surface area (Å²) in [4.78, 5) is 36.1. The number of fused-ring (bicyclic) bond motifs is 22. The lowest BCUT2D eigenvalue weighted by molar-refractivity contribution is 0.651. The van der Waals surface area contributed by atoms with Crippen LogP contribution in [0.1, 0.15) is 25.0 Å². The van der Waals surface area contributed by atoms with Crippen molar-refractivity contribution in [3.63, 3.8) is 0 Å². The van der Waals surface area contributed by atoms with Crippen molar-refractivity contribution in [2.24, 2.45) is 0 Å². The predicted octanol–water partition coefficient (Wildman–Crippen LogP) is 31.3. The Morgan fingerprint density at radius 1 is 0.265 bits per heavy atom. The molecule has 0 bridgehead atoms. The Morgan fingerprint density at radius 2 is 0.667 bits per heavy atom. The van der Waals surface area contributed by atoms with Crippen LogP contribution >= 0.6 is 11.3 Å². The lowest BCUT2D eigenvalue weighted by atomic mass is 9.81. The largest absolute Gasteiger partial charge is 0.450 e. The van der Waals surface area contributed by atoms with Crippen LogP contribution in [0.5, 0.6) is 0 Å². The Hall–Kier alpha value is -17.2. The maximum Gasteiger partial charge on any atom is 0.197 e. The summed E-state index contributed by atoms with van der Waals surface area (Å²) in [5.41, 5.74) is 24.1. The highest BCUT2D eigenvalue weighted by Crippen LogP contribution is 2.54. The van der Waals surface area contributed by atoms with E-state index in [0.717, 1.165) is 144 Å². The number of hydrogen-bond acceptors (Lipinski definition) is 9. The van der Waals surface area contributed by atoms with Crippen LogP contribution in [-0.2, 0) is 5.41 Å². The Bertz CT molecular complexity index is 9390. The van der Waals surface area contributed by atoms with Gasteiger partial charge in [0, 0.05) is 99.0 Å². The molecule has 0 saturated carbocycles. The molecule has 1 aliphatic carbocycles. The van der Waals surface area contributed by atoms with Gasteiger partial charge in [-0.2, -0.15) is 0 Å². The minimum atomic E-state index is -0.325. The van der Waals surface area contributed by atoms with Crippen LogP contribution in [0, 0.1) is 0 Å². The first kappa shape index (κ1) is 76.1. The minimum absolute atomic E-state index is 0.325. The molecule has 1 aliphatic rings. The lowest BCUT2D eigenvalue weighted by Crippen LogP contribution is -2.20. The standard InChI is InChI=1S/C42H25N3O.C41H29N3.C37H22N4S/c1-2-11-27(12-3-1)41-43-39-35-24-32(31-19-18-26-10-4-5-13-28(26)22-31)20-21-38(35)46-40(39)42(44-41)45-36-17-9-8-16-33(36)34-23-29-14-6-7-15-30(29)25-37(34)45;1-41(2)34-24-30(26-13-5-3-6-14-26)21-22-32(34)38-37(41)40(43-39(42-38)27-15-7-4-8-16-27)44-35-20-12-11-19-31(35)33-23-28-17-9-10-18-29(28)25-36(33)44;1-2-9-23(10-3-1)36-39-34-30-20-26(27-13-8-18-38-22-27)16-17-33(30)42-35(34)37(40-36)41-31-15-7-6-14-28(31)29-19-24-11-4-5-12-25(24)21-32(29)41/h1-25H;3-25H,1-2H3;1-22H. The summed E-state index contributed by atoms with van der Waals surface area (Å²) in [6.45, 7) is 4.65. The third-order valence-electron chi connectivity index (χ3n) is 26.6. The number of hydrogen-bond donors (Lipinski definition) is 0. The summed E-state index contributed by atoms with van der Waals surface area (Å²) >= 11 is 1.75. The van der Waals surface area contributed by atoms with E-state index in [9.17, 15) is 0 Å². The first-order chi connectivity index (χ1) is 65.2. The number of aromatic nitrogens is 10. The molecule has 27 aromatic rings. The van der Waals surface area contributed by atoms with Crippen LogP contribution in [0.3, 0.4) is 0 Å². The normalized spacial score (nSPS) is 12.4. The fourth-order valence-corrected chi connectivity index (χ4v) is 21.3. The fourth-order valence-electron chi connectivity index (χ4n) is 20.2. The van der Waals surface area contributed by atoms with E-state index in [-0.39, 0.29) is 5.41 Å². The van der Waals surface area contributed by atoms with Gasteiger partial charge in [0.2, 0.25) is 0 Å². The molecule has 132 heavy (non-hydrogen) atoms. The zero-order valence-electron chi connectivity index (χ0n) is 71.7. The average molecular weight is 1710 g/mol. The van der Waals surface area contributed by atoms with Crippen molar-refractivity contribution in [2.45, 2.75) is 19.3 Å². The molecular formula is C120H76N10OS. The van der Waals surface area contributed by atoms with Gasteiger partial charge in [-0.05, 0) is 174 Å². The molecule has 18 aromatic carbocycles. The monoisotopic (exact) mass is 1700 g/mol. The molecular weight excluding hydrogens is 1630 g/mol. The van der Waals surface area contributed by atoms with Gasteiger partial charge in [-0.15, -0.1) is 11.3 Å². The SMILES string of the molecule is CC1(C)c2cc(-c3ccccc3)ccc2-c2nc(-c3ccccc3)nc(-n3c4ccccc4c4cc5ccccc5cc43)c21.c1ccc(-c2nc(-n3c4ccccc4c4cc5ccccc5cc43)c3oc4ccc(-c5ccc6ccccc6c5)cc4c3n2)cc1.c1ccc(-c2nc(-n3c4ccccc4c4cc5ccccc5cc43)c3sc4ccc(-c5cccnc5)cc4c3n2)cc1. The molecule has 0 spiro atoms. The molecule has 12 heteroatoms. The van der Waals surface area contributed by atoms with Gasteiger partial charge in [0.15, 0.2) is 34.7 Å². The second kappa shape index (κ2) is 30.5. The van der Waals surface area contributed by atoms with E-state index in [4.69, 9.17) is 34.3 Å². The second-order valence-corrected chi connectivity index (χ2v) is 35.7. The molecule has 28 rings (SSSR count). The van der Waals surface area contributed by atoms with Gasteiger partial charge in [0.05, 0.1) is 49.0 Å². The Balaban J connectivity index is 0.000000104. The Morgan fingerprint density at radius 3 is 1.21 bits per heavy atom. The van der Waals surface area contributed by atoms with Crippen LogP contribution in [0.15, 0.2) is 429 Å². The van der Waals surface area contributed by atoms with Crippen molar-refractivity contribution in [1.82, 2.24) is 48.6 Å². The minimum Gasteiger partial charge on any atom is -0.450 e. The molecule has 11 nitrogen and oxygen atoms in total. The van der Waals surface area contributed by atoms with Gasteiger partial charge in [-0.3, -0.25) is 18.7 Å². The summed E-state index contributed by atoms with van der Waals surface area (Å²) in [5.74, 6) is 4.70. The van der Waals surface area contributed by atoms with Gasteiger partial charge in [0.1, 0.15) is 16.9 Å². The quantitative estimate of drug-likeness (QED) is 0.140. The predicted molar refractivity (Wildman–Crippen MR) is 547 cm³/mol. The zero-order valence-corrected chi connectivity index (χ0v) is 72.5. The maximum absolute atomic E-state index is 6.70. The molecule has 0 atom stereocenters. The molecule has 9 heterocycles. The third-order valence-corrected chi connectivity index (χ3v) is 27.7. The molecule has 0 fully saturated rings. The van der Waals surface area contributed by atoms with Gasteiger partial charge in [0.25, 0.3) is 0 Å². The van der Waals surface area contributed by atoms with E-state index in [1.165, 1.54) is 102 Å². The van der Waals surface area contributed by atoms with Gasteiger partial charge in [-0.1, -0.05) is 329 Å². The molecule has 618 valence electrons. The van der Waals surface area contributed by atoms with Crippen LogP contribution in [0.4, 0.5) is 0 Å². The van der Waals surface area contributed by atoms with Crippen LogP contribution < -0.4 is 0 Å².